The third-order valence-electron chi connectivity index (χ3n) is 13.6. The lowest BCUT2D eigenvalue weighted by molar-refractivity contribution is -0.190. The van der Waals surface area contributed by atoms with Gasteiger partial charge in [0.2, 0.25) is 0 Å². The Morgan fingerprint density at radius 3 is 2.14 bits per heavy atom. The van der Waals surface area contributed by atoms with E-state index in [1.165, 1.54) is 38.5 Å². The van der Waals surface area contributed by atoms with E-state index < -0.39 is 0 Å². The minimum Gasteiger partial charge on any atom is -0.459 e. The lowest BCUT2D eigenvalue weighted by Gasteiger charge is -2.48. The van der Waals surface area contributed by atoms with Crippen molar-refractivity contribution < 1.29 is 19.1 Å². The predicted octanol–water partition coefficient (Wildman–Crippen LogP) is 7.73. The lowest BCUT2D eigenvalue weighted by Crippen LogP contribution is -2.52. The number of esters is 2. The molecule has 0 aliphatic heterocycles. The molecule has 0 aromatic heterocycles. The predicted molar refractivity (Wildman–Crippen MR) is 144 cm³/mol. The first-order chi connectivity index (χ1) is 17.8. The second-order valence-electron chi connectivity index (χ2n) is 14.5. The second kappa shape index (κ2) is 9.26. The van der Waals surface area contributed by atoms with Crippen LogP contribution in [0.25, 0.3) is 0 Å². The third-order valence-corrected chi connectivity index (χ3v) is 13.6. The number of rotatable bonds is 8. The third kappa shape index (κ3) is 3.65. The van der Waals surface area contributed by atoms with Crippen molar-refractivity contribution in [1.82, 2.24) is 0 Å². The van der Waals surface area contributed by atoms with Gasteiger partial charge >= 0.3 is 11.9 Å². The monoisotopic (exact) mass is 512 g/mol. The Balaban J connectivity index is 1.33. The maximum absolute atomic E-state index is 14.3. The van der Waals surface area contributed by atoms with E-state index in [1.807, 2.05) is 0 Å². The molecule has 37 heavy (non-hydrogen) atoms. The van der Waals surface area contributed by atoms with E-state index in [-0.39, 0.29) is 52.2 Å². The fraction of sp³-hybridized carbons (Fsp3) is 0.939. The van der Waals surface area contributed by atoms with E-state index in [0.717, 1.165) is 57.3 Å². The summed E-state index contributed by atoms with van der Waals surface area (Å²) in [6.07, 6.45) is 15.4. The average molecular weight is 513 g/mol. The van der Waals surface area contributed by atoms with E-state index >= 15 is 0 Å². The molecule has 6 rings (SSSR count). The van der Waals surface area contributed by atoms with Crippen LogP contribution in [0.5, 0.6) is 0 Å². The highest BCUT2D eigenvalue weighted by Gasteiger charge is 2.73. The first-order valence-electron chi connectivity index (χ1n) is 16.2. The molecular weight excluding hydrogens is 460 g/mol. The van der Waals surface area contributed by atoms with Crippen molar-refractivity contribution in [2.75, 3.05) is 0 Å². The normalized spacial score (nSPS) is 48.9. The van der Waals surface area contributed by atoms with Crippen LogP contribution in [0.1, 0.15) is 125 Å². The molecule has 0 aromatic rings. The van der Waals surface area contributed by atoms with Crippen LogP contribution in [0.15, 0.2) is 0 Å². The molecular formula is C33H52O4. The molecule has 4 bridgehead atoms. The molecule has 6 fully saturated rings. The van der Waals surface area contributed by atoms with Gasteiger partial charge in [-0.3, -0.25) is 9.59 Å². The Labute approximate surface area is 225 Å². The topological polar surface area (TPSA) is 52.6 Å². The van der Waals surface area contributed by atoms with Gasteiger partial charge in [-0.05, 0) is 124 Å². The fourth-order valence-corrected chi connectivity index (χ4v) is 11.8. The van der Waals surface area contributed by atoms with E-state index in [0.29, 0.717) is 23.7 Å². The van der Waals surface area contributed by atoms with Gasteiger partial charge in [-0.1, -0.05) is 47.5 Å². The van der Waals surface area contributed by atoms with Crippen LogP contribution in [0, 0.1) is 58.7 Å². The molecule has 0 aromatic carbocycles. The Bertz CT molecular complexity index is 906. The number of hydrogen-bond donors (Lipinski definition) is 0. The molecule has 6 saturated carbocycles. The van der Waals surface area contributed by atoms with Crippen molar-refractivity contribution in [3.8, 4) is 0 Å². The summed E-state index contributed by atoms with van der Waals surface area (Å²) in [5.41, 5.74) is -0.458. The molecule has 6 aliphatic carbocycles. The van der Waals surface area contributed by atoms with Gasteiger partial charge in [-0.15, -0.1) is 0 Å². The highest BCUT2D eigenvalue weighted by Crippen LogP contribution is 2.74. The van der Waals surface area contributed by atoms with Crippen LogP contribution in [0.2, 0.25) is 0 Å². The minimum atomic E-state index is -0.320. The van der Waals surface area contributed by atoms with E-state index in [4.69, 9.17) is 9.47 Å². The minimum absolute atomic E-state index is 0.0438. The smallest absolute Gasteiger partial charge is 0.310 e. The highest BCUT2D eigenvalue weighted by atomic mass is 16.6. The van der Waals surface area contributed by atoms with Crippen molar-refractivity contribution in [2.45, 2.75) is 136 Å². The van der Waals surface area contributed by atoms with Gasteiger partial charge in [0.15, 0.2) is 0 Å². The molecule has 4 nitrogen and oxygen atoms in total. The summed E-state index contributed by atoms with van der Waals surface area (Å²) in [5.74, 6) is 2.87. The zero-order valence-corrected chi connectivity index (χ0v) is 24.2. The molecule has 6 aliphatic rings. The zero-order chi connectivity index (χ0) is 26.2. The quantitative estimate of drug-likeness (QED) is 0.312. The maximum atomic E-state index is 14.3. The van der Waals surface area contributed by atoms with Crippen LogP contribution >= 0.6 is 0 Å². The van der Waals surface area contributed by atoms with Crippen LogP contribution < -0.4 is 0 Å². The summed E-state index contributed by atoms with van der Waals surface area (Å²) >= 11 is 0. The van der Waals surface area contributed by atoms with Gasteiger partial charge in [0, 0.05) is 0 Å². The molecule has 0 spiro atoms. The summed E-state index contributed by atoms with van der Waals surface area (Å²) in [6.45, 7) is 11.5. The Kier molecular flexibility index (Phi) is 6.55. The van der Waals surface area contributed by atoms with Crippen molar-refractivity contribution in [3.63, 3.8) is 0 Å². The van der Waals surface area contributed by atoms with Crippen molar-refractivity contribution in [3.05, 3.63) is 0 Å². The first kappa shape index (κ1) is 26.2. The van der Waals surface area contributed by atoms with E-state index in [9.17, 15) is 9.59 Å². The fourth-order valence-electron chi connectivity index (χ4n) is 11.8. The van der Waals surface area contributed by atoms with Crippen LogP contribution in [-0.2, 0) is 19.1 Å². The summed E-state index contributed by atoms with van der Waals surface area (Å²) in [6, 6.07) is 0. The summed E-state index contributed by atoms with van der Waals surface area (Å²) < 4.78 is 13.2. The van der Waals surface area contributed by atoms with Crippen molar-refractivity contribution in [2.24, 2.45) is 58.7 Å². The summed E-state index contributed by atoms with van der Waals surface area (Å²) in [5, 5.41) is 0. The highest BCUT2D eigenvalue weighted by molar-refractivity contribution is 5.84. The van der Waals surface area contributed by atoms with Crippen LogP contribution in [0.3, 0.4) is 0 Å². The van der Waals surface area contributed by atoms with E-state index in [1.54, 1.807) is 0 Å². The van der Waals surface area contributed by atoms with Gasteiger partial charge in [0.05, 0.1) is 11.8 Å². The van der Waals surface area contributed by atoms with Gasteiger partial charge < -0.3 is 9.47 Å². The SMILES string of the molecule is CCC1CC(CC)C2(C)C3CC(C(C(=O)OC4(CC)CC5CCC4C5)C3C(=O)OC3(CC)CCCC3)C12. The number of ether oxygens (including phenoxy) is 2. The molecule has 0 radical (unpaired) electrons. The Morgan fingerprint density at radius 1 is 0.838 bits per heavy atom. The number of hydrogen-bond acceptors (Lipinski definition) is 4. The molecule has 4 heteroatoms. The lowest BCUT2D eigenvalue weighted by atomic mass is 9.57. The van der Waals surface area contributed by atoms with Gasteiger partial charge in [0.25, 0.3) is 0 Å². The maximum Gasteiger partial charge on any atom is 0.310 e. The van der Waals surface area contributed by atoms with Crippen molar-refractivity contribution in [1.29, 1.82) is 0 Å². The second-order valence-corrected chi connectivity index (χ2v) is 14.5. The van der Waals surface area contributed by atoms with Gasteiger partial charge in [-0.2, -0.15) is 0 Å². The average Bonchev–Trinajstić information content (AvgIpc) is 3.72. The molecule has 208 valence electrons. The Morgan fingerprint density at radius 2 is 1.57 bits per heavy atom. The van der Waals surface area contributed by atoms with Gasteiger partial charge in [0.1, 0.15) is 11.2 Å². The van der Waals surface area contributed by atoms with Crippen LogP contribution in [0.4, 0.5) is 0 Å². The molecule has 0 amide bonds. The number of fused-ring (bicyclic) bond motifs is 7. The number of carbonyl (C=O) groups excluding carboxylic acids is 2. The molecule has 11 atom stereocenters. The molecule has 0 N–H and O–H groups in total. The van der Waals surface area contributed by atoms with E-state index in [2.05, 4.69) is 34.6 Å². The molecule has 0 saturated heterocycles. The molecule has 11 unspecified atom stereocenters. The summed E-state index contributed by atoms with van der Waals surface area (Å²) in [4.78, 5) is 28.6. The first-order valence-corrected chi connectivity index (χ1v) is 16.2. The van der Waals surface area contributed by atoms with Gasteiger partial charge in [-0.25, -0.2) is 0 Å². The zero-order valence-electron chi connectivity index (χ0n) is 24.2. The largest absolute Gasteiger partial charge is 0.459 e. The standard InChI is InChI=1S/C33H52O4/c1-6-21-17-22(7-2)31(5)25-18-24(28(21)31)26(27(25)30(35)36-32(8-3)14-10-11-15-32)29(34)37-33(9-4)19-20-12-13-23(33)16-20/h20-28H,6-19H2,1-5H3. The summed E-state index contributed by atoms with van der Waals surface area (Å²) in [7, 11) is 0. The van der Waals surface area contributed by atoms with Crippen LogP contribution in [-0.4, -0.2) is 23.1 Å². The Hall–Kier alpha value is -1.06. The number of carbonyl (C=O) groups is 2. The molecule has 0 heterocycles. The van der Waals surface area contributed by atoms with Crippen molar-refractivity contribution >= 4 is 11.9 Å².